The van der Waals surface area contributed by atoms with Gasteiger partial charge in [-0.05, 0) is 69.5 Å². The number of aromatic nitrogens is 1. The van der Waals surface area contributed by atoms with Crippen molar-refractivity contribution in [2.75, 3.05) is 38.2 Å². The largest absolute Gasteiger partial charge is 0.350 e. The van der Waals surface area contributed by atoms with Crippen molar-refractivity contribution in [2.24, 2.45) is 5.92 Å². The third kappa shape index (κ3) is 4.86. The standard InChI is InChI=1S/C22H29N3O3S/c1-14-10-16(3)18(11-15(14)2)19-13-29-22(23-19)24-20(26)12-25-6-4-17(5-7-25)21-27-8-9-28-21/h10-11,13,17,21H,4-9,12H2,1-3H3,(H,23,24,26). The maximum atomic E-state index is 12.5. The van der Waals surface area contributed by atoms with Crippen LogP contribution in [0.2, 0.25) is 0 Å². The summed E-state index contributed by atoms with van der Waals surface area (Å²) >= 11 is 1.48. The fourth-order valence-electron chi connectivity index (χ4n) is 4.09. The number of carbonyl (C=O) groups excluding carboxylic acids is 1. The van der Waals surface area contributed by atoms with Crippen LogP contribution in [-0.4, -0.2) is 54.9 Å². The highest BCUT2D eigenvalue weighted by atomic mass is 32.1. The van der Waals surface area contributed by atoms with Gasteiger partial charge in [-0.1, -0.05) is 6.07 Å². The number of aryl methyl sites for hydroxylation is 3. The molecule has 156 valence electrons. The van der Waals surface area contributed by atoms with Gasteiger partial charge in [0.05, 0.1) is 25.5 Å². The Hall–Kier alpha value is -1.80. The number of hydrogen-bond donors (Lipinski definition) is 1. The molecule has 0 bridgehead atoms. The molecule has 1 N–H and O–H groups in total. The second-order valence-electron chi connectivity index (χ2n) is 8.06. The van der Waals surface area contributed by atoms with Crippen molar-refractivity contribution < 1.29 is 14.3 Å². The number of carbonyl (C=O) groups is 1. The molecule has 1 aromatic carbocycles. The summed E-state index contributed by atoms with van der Waals surface area (Å²) in [6.07, 6.45) is 1.96. The van der Waals surface area contributed by atoms with Gasteiger partial charge in [0.25, 0.3) is 0 Å². The van der Waals surface area contributed by atoms with Crippen LogP contribution in [0, 0.1) is 26.7 Å². The van der Waals surface area contributed by atoms with Crippen LogP contribution in [0.15, 0.2) is 17.5 Å². The van der Waals surface area contributed by atoms with E-state index in [2.05, 4.69) is 48.1 Å². The van der Waals surface area contributed by atoms with Crippen molar-refractivity contribution >= 4 is 22.4 Å². The van der Waals surface area contributed by atoms with Crippen molar-refractivity contribution in [3.05, 3.63) is 34.2 Å². The molecule has 1 amide bonds. The first kappa shape index (κ1) is 20.5. The minimum absolute atomic E-state index is 0.00507. The molecule has 0 saturated carbocycles. The van der Waals surface area contributed by atoms with E-state index >= 15 is 0 Å². The molecule has 2 aromatic rings. The number of rotatable bonds is 5. The summed E-state index contributed by atoms with van der Waals surface area (Å²) in [4.78, 5) is 19.3. The van der Waals surface area contributed by atoms with Crippen LogP contribution in [0.25, 0.3) is 11.3 Å². The van der Waals surface area contributed by atoms with Crippen LogP contribution < -0.4 is 5.32 Å². The summed E-state index contributed by atoms with van der Waals surface area (Å²) < 4.78 is 11.2. The molecule has 0 aliphatic carbocycles. The molecule has 3 heterocycles. The molecule has 0 unspecified atom stereocenters. The van der Waals surface area contributed by atoms with Crippen LogP contribution in [0.3, 0.4) is 0 Å². The third-order valence-corrected chi connectivity index (χ3v) is 6.66. The number of thiazole rings is 1. The number of nitrogens with zero attached hydrogens (tertiary/aromatic N) is 2. The molecular weight excluding hydrogens is 386 g/mol. The molecule has 2 saturated heterocycles. The molecule has 2 aliphatic rings. The average Bonchev–Trinajstić information content (AvgIpc) is 3.37. The SMILES string of the molecule is Cc1cc(C)c(-c2csc(NC(=O)CN3CCC(C4OCCO4)CC3)n2)cc1C. The first-order chi connectivity index (χ1) is 14.0. The lowest BCUT2D eigenvalue weighted by Crippen LogP contribution is -2.41. The minimum Gasteiger partial charge on any atom is -0.350 e. The Balaban J connectivity index is 1.30. The van der Waals surface area contributed by atoms with E-state index in [0.717, 1.165) is 37.2 Å². The number of ether oxygens (including phenoxy) is 2. The van der Waals surface area contributed by atoms with Crippen LogP contribution >= 0.6 is 11.3 Å². The monoisotopic (exact) mass is 415 g/mol. The smallest absolute Gasteiger partial charge is 0.240 e. The summed E-state index contributed by atoms with van der Waals surface area (Å²) in [5.74, 6) is 0.439. The molecule has 4 rings (SSSR count). The number of nitrogens with one attached hydrogen (secondary N) is 1. The molecule has 7 heteroatoms. The molecule has 1 aromatic heterocycles. The second-order valence-corrected chi connectivity index (χ2v) is 8.92. The zero-order valence-corrected chi connectivity index (χ0v) is 18.2. The first-order valence-corrected chi connectivity index (χ1v) is 11.2. The summed E-state index contributed by atoms with van der Waals surface area (Å²) in [5, 5.41) is 5.64. The van der Waals surface area contributed by atoms with Gasteiger partial charge in [-0.15, -0.1) is 11.3 Å². The average molecular weight is 416 g/mol. The van der Waals surface area contributed by atoms with Gasteiger partial charge in [0.15, 0.2) is 11.4 Å². The maximum Gasteiger partial charge on any atom is 0.240 e. The van der Waals surface area contributed by atoms with Crippen LogP contribution in [0.1, 0.15) is 29.5 Å². The van der Waals surface area contributed by atoms with Gasteiger partial charge in [0, 0.05) is 16.9 Å². The lowest BCUT2D eigenvalue weighted by atomic mass is 9.96. The summed E-state index contributed by atoms with van der Waals surface area (Å²) in [7, 11) is 0. The van der Waals surface area contributed by atoms with Crippen LogP contribution in [-0.2, 0) is 14.3 Å². The van der Waals surface area contributed by atoms with Crippen LogP contribution in [0.4, 0.5) is 5.13 Å². The zero-order chi connectivity index (χ0) is 20.4. The molecule has 29 heavy (non-hydrogen) atoms. The molecule has 2 aliphatic heterocycles. The fraction of sp³-hybridized carbons (Fsp3) is 0.545. The fourth-order valence-corrected chi connectivity index (χ4v) is 4.81. The van der Waals surface area contributed by atoms with E-state index in [4.69, 9.17) is 9.47 Å². The Morgan fingerprint density at radius 2 is 1.83 bits per heavy atom. The number of hydrogen-bond acceptors (Lipinski definition) is 6. The Bertz CT molecular complexity index is 868. The van der Waals surface area contributed by atoms with Gasteiger partial charge in [-0.2, -0.15) is 0 Å². The number of benzene rings is 1. The van der Waals surface area contributed by atoms with Crippen molar-refractivity contribution in [1.29, 1.82) is 0 Å². The molecule has 2 fully saturated rings. The van der Waals surface area contributed by atoms with Gasteiger partial charge < -0.3 is 14.8 Å². The lowest BCUT2D eigenvalue weighted by Gasteiger charge is -2.33. The lowest BCUT2D eigenvalue weighted by molar-refractivity contribution is -0.119. The Kier molecular flexibility index (Phi) is 6.29. The van der Waals surface area contributed by atoms with E-state index in [1.54, 1.807) is 0 Å². The predicted octanol–water partition coefficient (Wildman–Crippen LogP) is 3.76. The minimum atomic E-state index is -0.0476. The van der Waals surface area contributed by atoms with Gasteiger partial charge in [0.1, 0.15) is 0 Å². The normalized spacial score (nSPS) is 19.0. The maximum absolute atomic E-state index is 12.5. The number of likely N-dealkylation sites (tertiary alicyclic amines) is 1. The summed E-state index contributed by atoms with van der Waals surface area (Å²) in [6, 6.07) is 4.36. The first-order valence-electron chi connectivity index (χ1n) is 10.3. The van der Waals surface area contributed by atoms with Gasteiger partial charge >= 0.3 is 0 Å². The van der Waals surface area contributed by atoms with E-state index in [9.17, 15) is 4.79 Å². The van der Waals surface area contributed by atoms with Gasteiger partial charge in [-0.3, -0.25) is 9.69 Å². The molecule has 0 radical (unpaired) electrons. The van der Waals surface area contributed by atoms with E-state index < -0.39 is 0 Å². The molecular formula is C22H29N3O3S. The Labute approximate surface area is 176 Å². The van der Waals surface area contributed by atoms with Crippen molar-refractivity contribution in [2.45, 2.75) is 39.9 Å². The molecule has 6 nitrogen and oxygen atoms in total. The van der Waals surface area contributed by atoms with Gasteiger partial charge in [0.2, 0.25) is 5.91 Å². The quantitative estimate of drug-likeness (QED) is 0.806. The zero-order valence-electron chi connectivity index (χ0n) is 17.4. The highest BCUT2D eigenvalue weighted by Gasteiger charge is 2.30. The highest BCUT2D eigenvalue weighted by molar-refractivity contribution is 7.14. The summed E-state index contributed by atoms with van der Waals surface area (Å²) in [6.45, 7) is 9.92. The number of amides is 1. The van der Waals surface area contributed by atoms with Crippen molar-refractivity contribution in [3.8, 4) is 11.3 Å². The number of piperidine rings is 1. The van der Waals surface area contributed by atoms with Gasteiger partial charge in [-0.25, -0.2) is 4.98 Å². The third-order valence-electron chi connectivity index (χ3n) is 5.90. The second kappa shape index (κ2) is 8.92. The van der Waals surface area contributed by atoms with E-state index in [1.165, 1.54) is 28.0 Å². The Morgan fingerprint density at radius 3 is 2.55 bits per heavy atom. The van der Waals surface area contributed by atoms with Crippen molar-refractivity contribution in [1.82, 2.24) is 9.88 Å². The molecule has 0 atom stereocenters. The number of anilines is 1. The summed E-state index contributed by atoms with van der Waals surface area (Å²) in [5.41, 5.74) is 5.78. The molecule has 0 spiro atoms. The van der Waals surface area contributed by atoms with Crippen LogP contribution in [0.5, 0.6) is 0 Å². The Morgan fingerprint density at radius 1 is 1.14 bits per heavy atom. The topological polar surface area (TPSA) is 63.7 Å². The van der Waals surface area contributed by atoms with E-state index in [1.807, 2.05) is 5.38 Å². The highest BCUT2D eigenvalue weighted by Crippen LogP contribution is 2.30. The van der Waals surface area contributed by atoms with E-state index in [0.29, 0.717) is 30.8 Å². The van der Waals surface area contributed by atoms with Crippen molar-refractivity contribution in [3.63, 3.8) is 0 Å². The van der Waals surface area contributed by atoms with E-state index in [-0.39, 0.29) is 12.2 Å². The predicted molar refractivity (Wildman–Crippen MR) is 115 cm³/mol.